The summed E-state index contributed by atoms with van der Waals surface area (Å²) in [5, 5.41) is 19.6. The van der Waals surface area contributed by atoms with Gasteiger partial charge in [-0.15, -0.1) is 0 Å². The lowest BCUT2D eigenvalue weighted by Crippen LogP contribution is -2.40. The van der Waals surface area contributed by atoms with E-state index in [1.165, 1.54) is 11.1 Å². The normalized spacial score (nSPS) is 28.7. The molecule has 2 aromatic rings. The Morgan fingerprint density at radius 1 is 0.952 bits per heavy atom. The maximum Gasteiger partial charge on any atom is 0.0872 e. The fourth-order valence-corrected chi connectivity index (χ4v) is 4.17. The van der Waals surface area contributed by atoms with Gasteiger partial charge in [0, 0.05) is 5.92 Å². The minimum Gasteiger partial charge on any atom is -0.198 e. The van der Waals surface area contributed by atoms with E-state index in [1.807, 2.05) is 36.4 Å². The largest absolute Gasteiger partial charge is 0.198 e. The van der Waals surface area contributed by atoms with Crippen LogP contribution in [0.2, 0.25) is 0 Å². The lowest BCUT2D eigenvalue weighted by atomic mass is 9.55. The summed E-state index contributed by atoms with van der Waals surface area (Å²) in [7, 11) is 0. The van der Waals surface area contributed by atoms with Crippen LogP contribution in [0, 0.1) is 22.7 Å². The fourth-order valence-electron chi connectivity index (χ4n) is 4.17. The van der Waals surface area contributed by atoms with E-state index < -0.39 is 5.41 Å². The minimum atomic E-state index is -0.469. The summed E-state index contributed by atoms with van der Waals surface area (Å²) in [6.45, 7) is 0. The number of fused-ring (bicyclic) bond motifs is 6. The molecular formula is C19H14N2. The number of rotatable bonds is 0. The third-order valence-corrected chi connectivity index (χ3v) is 5.08. The molecule has 4 rings (SSSR count). The average Bonchev–Trinajstić information content (AvgIpc) is 2.55. The predicted molar refractivity (Wildman–Crippen MR) is 79.6 cm³/mol. The van der Waals surface area contributed by atoms with E-state index in [2.05, 4.69) is 24.3 Å². The minimum absolute atomic E-state index is 0.134. The second-order valence-corrected chi connectivity index (χ2v) is 6.07. The number of benzene rings is 2. The predicted octanol–water partition coefficient (Wildman–Crippen LogP) is 3.80. The molecule has 0 N–H and O–H groups in total. The molecule has 100 valence electrons. The van der Waals surface area contributed by atoms with Crippen LogP contribution < -0.4 is 0 Å². The van der Waals surface area contributed by atoms with Crippen molar-refractivity contribution in [3.8, 4) is 12.1 Å². The molecule has 2 bridgehead atoms. The van der Waals surface area contributed by atoms with Crippen molar-refractivity contribution in [1.82, 2.24) is 0 Å². The number of hydrogen-bond donors (Lipinski definition) is 0. The monoisotopic (exact) mass is 270 g/mol. The van der Waals surface area contributed by atoms with Gasteiger partial charge in [-0.3, -0.25) is 0 Å². The molecule has 0 saturated carbocycles. The van der Waals surface area contributed by atoms with E-state index in [0.29, 0.717) is 0 Å². The maximum atomic E-state index is 9.89. The summed E-state index contributed by atoms with van der Waals surface area (Å²) in [5.41, 5.74) is 4.12. The molecule has 0 aromatic heterocycles. The fraction of sp³-hybridized carbons (Fsp3) is 0.263. The van der Waals surface area contributed by atoms with Crippen molar-refractivity contribution in [2.45, 2.75) is 30.1 Å². The van der Waals surface area contributed by atoms with Crippen LogP contribution in [0.15, 0.2) is 48.5 Å². The molecule has 2 aliphatic rings. The summed E-state index contributed by atoms with van der Waals surface area (Å²) in [5.74, 6) is -0.0152. The van der Waals surface area contributed by atoms with Crippen molar-refractivity contribution in [2.75, 3.05) is 0 Å². The first kappa shape index (κ1) is 12.2. The van der Waals surface area contributed by atoms with Gasteiger partial charge in [0.2, 0.25) is 0 Å². The quantitative estimate of drug-likeness (QED) is 0.731. The molecule has 0 aliphatic heterocycles. The van der Waals surface area contributed by atoms with Crippen LogP contribution in [-0.4, -0.2) is 0 Å². The SMILES string of the molecule is N#C[C@@H]1c2ccccc2[C@]2(C#N)Cc3ccccc3[C@H]1C2. The summed E-state index contributed by atoms with van der Waals surface area (Å²) >= 11 is 0. The van der Waals surface area contributed by atoms with E-state index in [0.717, 1.165) is 24.0 Å². The summed E-state index contributed by atoms with van der Waals surface area (Å²) in [6, 6.07) is 21.4. The summed E-state index contributed by atoms with van der Waals surface area (Å²) < 4.78 is 0. The topological polar surface area (TPSA) is 47.6 Å². The van der Waals surface area contributed by atoms with E-state index in [-0.39, 0.29) is 11.8 Å². The zero-order chi connectivity index (χ0) is 14.4. The number of nitrogens with zero attached hydrogens (tertiary/aromatic N) is 2. The van der Waals surface area contributed by atoms with Crippen molar-refractivity contribution in [2.24, 2.45) is 0 Å². The Bertz CT molecular complexity index is 809. The molecule has 2 nitrogen and oxygen atoms in total. The molecule has 0 spiro atoms. The molecule has 2 heteroatoms. The Morgan fingerprint density at radius 2 is 1.67 bits per heavy atom. The number of hydrogen-bond acceptors (Lipinski definition) is 2. The van der Waals surface area contributed by atoms with E-state index in [1.54, 1.807) is 0 Å². The van der Waals surface area contributed by atoms with Gasteiger partial charge in [0.1, 0.15) is 0 Å². The molecular weight excluding hydrogens is 256 g/mol. The molecule has 0 unspecified atom stereocenters. The van der Waals surface area contributed by atoms with Gasteiger partial charge in [-0.25, -0.2) is 0 Å². The van der Waals surface area contributed by atoms with Gasteiger partial charge in [-0.2, -0.15) is 10.5 Å². The molecule has 21 heavy (non-hydrogen) atoms. The van der Waals surface area contributed by atoms with Gasteiger partial charge in [-0.1, -0.05) is 48.5 Å². The average molecular weight is 270 g/mol. The van der Waals surface area contributed by atoms with E-state index in [4.69, 9.17) is 0 Å². The van der Waals surface area contributed by atoms with Crippen LogP contribution in [0.25, 0.3) is 0 Å². The van der Waals surface area contributed by atoms with Crippen molar-refractivity contribution in [1.29, 1.82) is 10.5 Å². The standard InChI is InChI=1S/C19H14N2/c20-11-17-15-7-3-4-8-18(15)19(12-21)9-13-5-1-2-6-14(13)16(17)10-19/h1-8,16-17H,9-10H2/t16-,17-,19-/m1/s1. The summed E-state index contributed by atoms with van der Waals surface area (Å²) in [4.78, 5) is 0. The Morgan fingerprint density at radius 3 is 2.43 bits per heavy atom. The number of nitriles is 2. The van der Waals surface area contributed by atoms with Crippen LogP contribution in [0.4, 0.5) is 0 Å². The van der Waals surface area contributed by atoms with Gasteiger partial charge in [0.05, 0.1) is 23.5 Å². The first-order chi connectivity index (χ1) is 10.3. The lowest BCUT2D eigenvalue weighted by molar-refractivity contribution is 0.363. The highest BCUT2D eigenvalue weighted by molar-refractivity contribution is 5.54. The third-order valence-electron chi connectivity index (χ3n) is 5.08. The molecule has 2 aromatic carbocycles. The van der Waals surface area contributed by atoms with Crippen molar-refractivity contribution < 1.29 is 0 Å². The Hall–Kier alpha value is -2.58. The zero-order valence-corrected chi connectivity index (χ0v) is 11.6. The highest BCUT2D eigenvalue weighted by atomic mass is 14.5. The van der Waals surface area contributed by atoms with E-state index in [9.17, 15) is 10.5 Å². The van der Waals surface area contributed by atoms with Gasteiger partial charge in [-0.05, 0) is 35.1 Å². The van der Waals surface area contributed by atoms with Crippen LogP contribution in [0.3, 0.4) is 0 Å². The van der Waals surface area contributed by atoms with E-state index >= 15 is 0 Å². The Balaban J connectivity index is 2.03. The van der Waals surface area contributed by atoms with Gasteiger partial charge < -0.3 is 0 Å². The lowest BCUT2D eigenvalue weighted by Gasteiger charge is -2.45. The molecule has 0 fully saturated rings. The molecule has 2 aliphatic carbocycles. The van der Waals surface area contributed by atoms with Crippen molar-refractivity contribution in [3.63, 3.8) is 0 Å². The van der Waals surface area contributed by atoms with Gasteiger partial charge in [0.15, 0.2) is 0 Å². The van der Waals surface area contributed by atoms with Gasteiger partial charge in [0.25, 0.3) is 0 Å². The Labute approximate surface area is 124 Å². The van der Waals surface area contributed by atoms with Crippen LogP contribution >= 0.6 is 0 Å². The first-order valence-electron chi connectivity index (χ1n) is 7.27. The maximum absolute atomic E-state index is 9.89. The Kier molecular flexibility index (Phi) is 2.44. The zero-order valence-electron chi connectivity index (χ0n) is 11.6. The first-order valence-corrected chi connectivity index (χ1v) is 7.27. The smallest absolute Gasteiger partial charge is 0.0872 e. The van der Waals surface area contributed by atoms with Crippen LogP contribution in [0.5, 0.6) is 0 Å². The van der Waals surface area contributed by atoms with Crippen LogP contribution in [-0.2, 0) is 11.8 Å². The van der Waals surface area contributed by atoms with Crippen LogP contribution in [0.1, 0.15) is 40.5 Å². The molecule has 0 amide bonds. The van der Waals surface area contributed by atoms with Gasteiger partial charge >= 0.3 is 0 Å². The highest BCUT2D eigenvalue weighted by Gasteiger charge is 2.49. The molecule has 0 heterocycles. The van der Waals surface area contributed by atoms with Crippen molar-refractivity contribution >= 4 is 0 Å². The third kappa shape index (κ3) is 1.51. The molecule has 0 saturated heterocycles. The molecule has 3 atom stereocenters. The second-order valence-electron chi connectivity index (χ2n) is 6.07. The van der Waals surface area contributed by atoms with Crippen molar-refractivity contribution in [3.05, 3.63) is 70.8 Å². The molecule has 0 radical (unpaired) electrons. The highest BCUT2D eigenvalue weighted by Crippen LogP contribution is 2.55. The summed E-state index contributed by atoms with van der Waals surface area (Å²) in [6.07, 6.45) is 1.51. The second kappa shape index (κ2) is 4.21.